The quantitative estimate of drug-likeness (QED) is 0.506. The van der Waals surface area contributed by atoms with Crippen molar-refractivity contribution in [2.75, 3.05) is 6.54 Å². The van der Waals surface area contributed by atoms with Gasteiger partial charge in [0.1, 0.15) is 12.3 Å². The van der Waals surface area contributed by atoms with E-state index < -0.39 is 31.1 Å². The topological polar surface area (TPSA) is 93.7 Å². The minimum Gasteiger partial charge on any atom is -0.451 e. The molecule has 9 heteroatoms. The molecule has 0 radical (unpaired) electrons. The van der Waals surface area contributed by atoms with Gasteiger partial charge in [-0.3, -0.25) is 14.4 Å². The Bertz CT molecular complexity index is 706. The number of carbonyl (C=O) groups is 3. The van der Waals surface area contributed by atoms with E-state index in [0.717, 1.165) is 38.5 Å². The predicted molar refractivity (Wildman–Crippen MR) is 101 cm³/mol. The van der Waals surface area contributed by atoms with Crippen LogP contribution in [0.5, 0.6) is 5.75 Å². The highest BCUT2D eigenvalue weighted by Crippen LogP contribution is 2.20. The molecule has 1 atom stereocenters. The molecule has 1 saturated carbocycles. The van der Waals surface area contributed by atoms with E-state index in [1.807, 2.05) is 0 Å². The van der Waals surface area contributed by atoms with Crippen molar-refractivity contribution in [3.8, 4) is 5.75 Å². The first-order chi connectivity index (χ1) is 13.9. The number of halogens is 2. The Morgan fingerprint density at radius 2 is 1.76 bits per heavy atom. The van der Waals surface area contributed by atoms with Gasteiger partial charge in [-0.2, -0.15) is 8.78 Å². The normalized spacial score (nSPS) is 15.9. The molecule has 0 aromatic heterocycles. The first-order valence-corrected chi connectivity index (χ1v) is 9.68. The SMILES string of the molecule is C[C@@H](OC(=O)CNC(=O)c1ccccc1OC(F)F)C(=O)NC1CCCCCC1. The summed E-state index contributed by atoms with van der Waals surface area (Å²) in [5.41, 5.74) is -0.139. The van der Waals surface area contributed by atoms with Gasteiger partial charge in [-0.05, 0) is 31.9 Å². The summed E-state index contributed by atoms with van der Waals surface area (Å²) in [6.07, 6.45) is 5.23. The van der Waals surface area contributed by atoms with Crippen molar-refractivity contribution in [3.63, 3.8) is 0 Å². The largest absolute Gasteiger partial charge is 0.451 e. The molecule has 0 spiro atoms. The number of nitrogens with one attached hydrogen (secondary N) is 2. The number of hydrogen-bond acceptors (Lipinski definition) is 5. The zero-order valence-electron chi connectivity index (χ0n) is 16.3. The van der Waals surface area contributed by atoms with Crippen LogP contribution in [0.15, 0.2) is 24.3 Å². The van der Waals surface area contributed by atoms with Gasteiger partial charge in [-0.25, -0.2) is 0 Å². The van der Waals surface area contributed by atoms with Crippen LogP contribution in [-0.4, -0.2) is 43.1 Å². The van der Waals surface area contributed by atoms with Gasteiger partial charge in [0.25, 0.3) is 11.8 Å². The second-order valence-corrected chi connectivity index (χ2v) is 6.89. The lowest BCUT2D eigenvalue weighted by atomic mass is 10.1. The molecule has 0 bridgehead atoms. The van der Waals surface area contributed by atoms with Crippen LogP contribution in [-0.2, 0) is 14.3 Å². The minimum absolute atomic E-state index is 0.0807. The Hall–Kier alpha value is -2.71. The smallest absolute Gasteiger partial charge is 0.387 e. The van der Waals surface area contributed by atoms with Crippen molar-refractivity contribution >= 4 is 17.8 Å². The van der Waals surface area contributed by atoms with Crippen LogP contribution in [0.1, 0.15) is 55.8 Å². The maximum Gasteiger partial charge on any atom is 0.387 e. The highest BCUT2D eigenvalue weighted by molar-refractivity contribution is 5.98. The molecule has 2 amide bonds. The lowest BCUT2D eigenvalue weighted by Gasteiger charge is -2.19. The van der Waals surface area contributed by atoms with Gasteiger partial charge in [0.05, 0.1) is 5.56 Å². The van der Waals surface area contributed by atoms with Gasteiger partial charge in [-0.15, -0.1) is 0 Å². The van der Waals surface area contributed by atoms with E-state index >= 15 is 0 Å². The van der Waals surface area contributed by atoms with Crippen molar-refractivity contribution in [1.82, 2.24) is 10.6 Å². The molecule has 1 aliphatic carbocycles. The Kier molecular flexibility index (Phi) is 8.82. The zero-order valence-corrected chi connectivity index (χ0v) is 16.3. The van der Waals surface area contributed by atoms with Crippen LogP contribution in [0.25, 0.3) is 0 Å². The van der Waals surface area contributed by atoms with Gasteiger partial charge in [0, 0.05) is 6.04 Å². The van der Waals surface area contributed by atoms with Crippen LogP contribution in [0.4, 0.5) is 8.78 Å². The van der Waals surface area contributed by atoms with E-state index in [9.17, 15) is 23.2 Å². The van der Waals surface area contributed by atoms with E-state index in [4.69, 9.17) is 4.74 Å². The third-order valence-electron chi connectivity index (χ3n) is 4.62. The maximum absolute atomic E-state index is 12.4. The van der Waals surface area contributed by atoms with E-state index in [1.54, 1.807) is 0 Å². The molecule has 1 fully saturated rings. The summed E-state index contributed by atoms with van der Waals surface area (Å²) in [4.78, 5) is 36.3. The van der Waals surface area contributed by atoms with Crippen LogP contribution in [0.2, 0.25) is 0 Å². The van der Waals surface area contributed by atoms with Gasteiger partial charge < -0.3 is 20.1 Å². The Balaban J connectivity index is 1.80. The average molecular weight is 412 g/mol. The molecule has 0 aliphatic heterocycles. The Labute approximate surface area is 168 Å². The summed E-state index contributed by atoms with van der Waals surface area (Å²) in [5.74, 6) is -2.26. The fraction of sp³-hybridized carbons (Fsp3) is 0.550. The third-order valence-corrected chi connectivity index (χ3v) is 4.62. The summed E-state index contributed by atoms with van der Waals surface area (Å²) >= 11 is 0. The first kappa shape index (κ1) is 22.6. The summed E-state index contributed by atoms with van der Waals surface area (Å²) in [5, 5.41) is 5.17. The third kappa shape index (κ3) is 7.67. The van der Waals surface area contributed by atoms with Crippen molar-refractivity contribution in [3.05, 3.63) is 29.8 Å². The molecular weight excluding hydrogens is 386 g/mol. The molecule has 2 N–H and O–H groups in total. The van der Waals surface area contributed by atoms with Crippen LogP contribution >= 0.6 is 0 Å². The van der Waals surface area contributed by atoms with E-state index in [2.05, 4.69) is 15.4 Å². The number of para-hydroxylation sites is 1. The summed E-state index contributed by atoms with van der Waals surface area (Å²) in [6, 6.07) is 5.51. The number of amides is 2. The van der Waals surface area contributed by atoms with Gasteiger partial charge in [-0.1, -0.05) is 37.8 Å². The zero-order chi connectivity index (χ0) is 21.2. The molecule has 7 nitrogen and oxygen atoms in total. The fourth-order valence-electron chi connectivity index (χ4n) is 3.14. The maximum atomic E-state index is 12.4. The second-order valence-electron chi connectivity index (χ2n) is 6.89. The molecular formula is C20H26F2N2O5. The number of hydrogen-bond donors (Lipinski definition) is 2. The Morgan fingerprint density at radius 3 is 2.41 bits per heavy atom. The molecule has 1 aliphatic rings. The highest BCUT2D eigenvalue weighted by Gasteiger charge is 2.22. The predicted octanol–water partition coefficient (Wildman–Crippen LogP) is 2.79. The van der Waals surface area contributed by atoms with Crippen LogP contribution in [0.3, 0.4) is 0 Å². The first-order valence-electron chi connectivity index (χ1n) is 9.68. The molecule has 29 heavy (non-hydrogen) atoms. The van der Waals surface area contributed by atoms with E-state index in [-0.39, 0.29) is 23.3 Å². The molecule has 0 unspecified atom stereocenters. The average Bonchev–Trinajstić information content (AvgIpc) is 2.94. The summed E-state index contributed by atoms with van der Waals surface area (Å²) < 4.78 is 34.2. The van der Waals surface area contributed by atoms with Crippen molar-refractivity contribution in [1.29, 1.82) is 0 Å². The van der Waals surface area contributed by atoms with Crippen LogP contribution in [0, 0.1) is 0 Å². The van der Waals surface area contributed by atoms with E-state index in [1.165, 1.54) is 31.2 Å². The molecule has 2 rings (SSSR count). The number of benzene rings is 1. The van der Waals surface area contributed by atoms with Gasteiger partial charge in [0.15, 0.2) is 6.10 Å². The van der Waals surface area contributed by atoms with Gasteiger partial charge in [0.2, 0.25) is 0 Å². The number of rotatable bonds is 8. The Morgan fingerprint density at radius 1 is 1.10 bits per heavy atom. The highest BCUT2D eigenvalue weighted by atomic mass is 19.3. The standard InChI is InChI=1S/C20H26F2N2O5/c1-13(18(26)24-14-8-4-2-3-5-9-14)28-17(25)12-23-19(27)15-10-6-7-11-16(15)29-20(21)22/h6-7,10-11,13-14,20H,2-5,8-9,12H2,1H3,(H,23,27)(H,24,26)/t13-/m1/s1. The fourth-order valence-corrected chi connectivity index (χ4v) is 3.14. The molecule has 1 aromatic carbocycles. The minimum atomic E-state index is -3.08. The lowest BCUT2D eigenvalue weighted by molar-refractivity contribution is -0.154. The molecule has 0 saturated heterocycles. The van der Waals surface area contributed by atoms with Crippen molar-refractivity contribution < 1.29 is 32.6 Å². The molecule has 1 aromatic rings. The summed E-state index contributed by atoms with van der Waals surface area (Å²) in [6.45, 7) is -2.14. The van der Waals surface area contributed by atoms with Gasteiger partial charge >= 0.3 is 12.6 Å². The van der Waals surface area contributed by atoms with Crippen LogP contribution < -0.4 is 15.4 Å². The number of esters is 1. The van der Waals surface area contributed by atoms with Crippen molar-refractivity contribution in [2.45, 2.75) is 64.2 Å². The van der Waals surface area contributed by atoms with E-state index in [0.29, 0.717) is 0 Å². The van der Waals surface area contributed by atoms with Crippen molar-refractivity contribution in [2.24, 2.45) is 0 Å². The lowest BCUT2D eigenvalue weighted by Crippen LogP contribution is -2.43. The number of alkyl halides is 2. The number of ether oxygens (including phenoxy) is 2. The second kappa shape index (κ2) is 11.3. The molecule has 160 valence electrons. The molecule has 0 heterocycles. The summed E-state index contributed by atoms with van der Waals surface area (Å²) in [7, 11) is 0. The number of carbonyl (C=O) groups excluding carboxylic acids is 3. The monoisotopic (exact) mass is 412 g/mol.